The van der Waals surface area contributed by atoms with E-state index in [-0.39, 0.29) is 18.0 Å². The first-order valence-corrected chi connectivity index (χ1v) is 7.93. The highest BCUT2D eigenvalue weighted by molar-refractivity contribution is 7.88. The maximum absolute atomic E-state index is 13.7. The largest absolute Gasteiger partial charge is 0.369 e. The standard InChI is InChI=1S/C12H16FN3O3S.ClH/c1-20(18,19)16-6-4-15(5-7-16)9-2-3-10(12(14)17)11(13)8-9;/h2-3,8H,4-7H2,1H3,(H2,14,17);1H. The number of nitrogens with zero attached hydrogens (tertiary/aromatic N) is 2. The van der Waals surface area contributed by atoms with Crippen LogP contribution >= 0.6 is 12.4 Å². The van der Waals surface area contributed by atoms with E-state index in [0.29, 0.717) is 31.9 Å². The number of hydrogen-bond donors (Lipinski definition) is 1. The predicted octanol–water partition coefficient (Wildman–Crippen LogP) is 0.428. The summed E-state index contributed by atoms with van der Waals surface area (Å²) in [4.78, 5) is 12.8. The van der Waals surface area contributed by atoms with E-state index in [4.69, 9.17) is 5.73 Å². The molecule has 1 heterocycles. The monoisotopic (exact) mass is 337 g/mol. The molecule has 0 bridgehead atoms. The van der Waals surface area contributed by atoms with Crippen LogP contribution in [0.4, 0.5) is 10.1 Å². The van der Waals surface area contributed by atoms with E-state index in [0.717, 1.165) is 0 Å². The zero-order valence-corrected chi connectivity index (χ0v) is 13.1. The lowest BCUT2D eigenvalue weighted by molar-refractivity contribution is 0.0996. The summed E-state index contributed by atoms with van der Waals surface area (Å²) in [5, 5.41) is 0. The van der Waals surface area contributed by atoms with Crippen LogP contribution in [-0.2, 0) is 10.0 Å². The molecule has 1 aromatic carbocycles. The zero-order chi connectivity index (χ0) is 14.9. The lowest BCUT2D eigenvalue weighted by Crippen LogP contribution is -2.48. The van der Waals surface area contributed by atoms with Gasteiger partial charge < -0.3 is 10.6 Å². The Hall–Kier alpha value is -1.38. The number of nitrogens with two attached hydrogens (primary N) is 1. The Morgan fingerprint density at radius 2 is 1.81 bits per heavy atom. The summed E-state index contributed by atoms with van der Waals surface area (Å²) in [6, 6.07) is 4.20. The number of benzene rings is 1. The fraction of sp³-hybridized carbons (Fsp3) is 0.417. The zero-order valence-electron chi connectivity index (χ0n) is 11.5. The quantitative estimate of drug-likeness (QED) is 0.867. The van der Waals surface area contributed by atoms with Crippen molar-refractivity contribution in [2.75, 3.05) is 37.3 Å². The number of anilines is 1. The van der Waals surface area contributed by atoms with Crippen molar-refractivity contribution in [3.05, 3.63) is 29.6 Å². The van der Waals surface area contributed by atoms with E-state index in [1.54, 1.807) is 6.07 Å². The molecule has 1 aromatic rings. The van der Waals surface area contributed by atoms with Crippen LogP contribution in [0.2, 0.25) is 0 Å². The van der Waals surface area contributed by atoms with Crippen molar-refractivity contribution in [2.24, 2.45) is 5.73 Å². The lowest BCUT2D eigenvalue weighted by Gasteiger charge is -2.34. The van der Waals surface area contributed by atoms with Crippen molar-refractivity contribution in [3.63, 3.8) is 0 Å². The number of primary amides is 1. The van der Waals surface area contributed by atoms with E-state index < -0.39 is 21.7 Å². The second-order valence-electron chi connectivity index (χ2n) is 4.68. The van der Waals surface area contributed by atoms with Gasteiger partial charge in [0.2, 0.25) is 10.0 Å². The van der Waals surface area contributed by atoms with E-state index >= 15 is 0 Å². The van der Waals surface area contributed by atoms with Gasteiger partial charge in [-0.05, 0) is 18.2 Å². The predicted molar refractivity (Wildman–Crippen MR) is 80.8 cm³/mol. The average molecular weight is 338 g/mol. The molecule has 2 rings (SSSR count). The van der Waals surface area contributed by atoms with Crippen molar-refractivity contribution < 1.29 is 17.6 Å². The molecule has 9 heteroatoms. The van der Waals surface area contributed by atoms with Crippen LogP contribution in [0.25, 0.3) is 0 Å². The van der Waals surface area contributed by atoms with Gasteiger partial charge in [-0.3, -0.25) is 4.79 Å². The van der Waals surface area contributed by atoms with E-state index in [1.807, 2.05) is 4.90 Å². The maximum atomic E-state index is 13.7. The van der Waals surface area contributed by atoms with E-state index in [1.165, 1.54) is 22.7 Å². The molecule has 118 valence electrons. The van der Waals surface area contributed by atoms with Gasteiger partial charge in [0, 0.05) is 31.9 Å². The Bertz CT molecular complexity index is 631. The summed E-state index contributed by atoms with van der Waals surface area (Å²) in [6.07, 6.45) is 1.17. The molecule has 0 radical (unpaired) electrons. The minimum absolute atomic E-state index is 0. The van der Waals surface area contributed by atoms with Gasteiger partial charge in [-0.1, -0.05) is 0 Å². The lowest BCUT2D eigenvalue weighted by atomic mass is 10.1. The summed E-state index contributed by atoms with van der Waals surface area (Å²) in [5.74, 6) is -1.48. The fourth-order valence-corrected chi connectivity index (χ4v) is 3.01. The summed E-state index contributed by atoms with van der Waals surface area (Å²) in [6.45, 7) is 1.67. The number of hydrogen-bond acceptors (Lipinski definition) is 4. The van der Waals surface area contributed by atoms with Gasteiger partial charge in [-0.2, -0.15) is 4.31 Å². The third kappa shape index (κ3) is 4.05. The van der Waals surface area contributed by atoms with Gasteiger partial charge in [-0.15, -0.1) is 12.4 Å². The minimum atomic E-state index is -3.19. The van der Waals surface area contributed by atoms with Crippen LogP contribution in [0.3, 0.4) is 0 Å². The highest BCUT2D eigenvalue weighted by Gasteiger charge is 2.24. The number of piperazine rings is 1. The first-order chi connectivity index (χ1) is 9.29. The van der Waals surface area contributed by atoms with Crippen LogP contribution in [0, 0.1) is 5.82 Å². The minimum Gasteiger partial charge on any atom is -0.369 e. The van der Waals surface area contributed by atoms with E-state index in [2.05, 4.69) is 0 Å². The smallest absolute Gasteiger partial charge is 0.251 e. The van der Waals surface area contributed by atoms with Crippen molar-refractivity contribution in [1.29, 1.82) is 0 Å². The molecule has 0 aromatic heterocycles. The van der Waals surface area contributed by atoms with Gasteiger partial charge in [0.1, 0.15) is 5.82 Å². The molecule has 1 saturated heterocycles. The first-order valence-electron chi connectivity index (χ1n) is 6.08. The molecule has 2 N–H and O–H groups in total. The van der Waals surface area contributed by atoms with Gasteiger partial charge in [0.15, 0.2) is 0 Å². The molecule has 0 saturated carbocycles. The third-order valence-electron chi connectivity index (χ3n) is 3.29. The summed E-state index contributed by atoms with van der Waals surface area (Å²) in [7, 11) is -3.19. The molecule has 1 aliphatic heterocycles. The summed E-state index contributed by atoms with van der Waals surface area (Å²) >= 11 is 0. The number of halogens is 2. The average Bonchev–Trinajstić information content (AvgIpc) is 2.37. The van der Waals surface area contributed by atoms with Crippen LogP contribution in [0.1, 0.15) is 10.4 Å². The van der Waals surface area contributed by atoms with Crippen LogP contribution in [0.15, 0.2) is 18.2 Å². The highest BCUT2D eigenvalue weighted by atomic mass is 35.5. The van der Waals surface area contributed by atoms with Gasteiger partial charge in [0.05, 0.1) is 11.8 Å². The number of carbonyl (C=O) groups excluding carboxylic acids is 1. The second-order valence-corrected chi connectivity index (χ2v) is 6.66. The molecule has 0 aliphatic carbocycles. The molecule has 0 unspecified atom stereocenters. The number of carbonyl (C=O) groups is 1. The van der Waals surface area contributed by atoms with Crippen molar-refractivity contribution in [2.45, 2.75) is 0 Å². The molecule has 21 heavy (non-hydrogen) atoms. The highest BCUT2D eigenvalue weighted by Crippen LogP contribution is 2.20. The summed E-state index contributed by atoms with van der Waals surface area (Å²) < 4.78 is 37.9. The molecule has 6 nitrogen and oxygen atoms in total. The van der Waals surface area contributed by atoms with Gasteiger partial charge in [0.25, 0.3) is 5.91 Å². The van der Waals surface area contributed by atoms with Crippen molar-refractivity contribution >= 4 is 34.0 Å². The number of sulfonamides is 1. The topological polar surface area (TPSA) is 83.7 Å². The van der Waals surface area contributed by atoms with Crippen molar-refractivity contribution in [1.82, 2.24) is 4.31 Å². The summed E-state index contributed by atoms with van der Waals surface area (Å²) in [5.41, 5.74) is 5.51. The van der Waals surface area contributed by atoms with Crippen LogP contribution in [0.5, 0.6) is 0 Å². The number of rotatable bonds is 3. The second kappa shape index (κ2) is 6.59. The Labute approximate surface area is 129 Å². The van der Waals surface area contributed by atoms with Crippen LogP contribution in [-0.4, -0.2) is 51.1 Å². The molecule has 1 amide bonds. The molecular formula is C12H17ClFN3O3S. The van der Waals surface area contributed by atoms with Crippen LogP contribution < -0.4 is 10.6 Å². The van der Waals surface area contributed by atoms with Crippen molar-refractivity contribution in [3.8, 4) is 0 Å². The van der Waals surface area contributed by atoms with E-state index in [9.17, 15) is 17.6 Å². The maximum Gasteiger partial charge on any atom is 0.251 e. The molecule has 1 aliphatic rings. The molecule has 0 atom stereocenters. The molecule has 1 fully saturated rings. The molecular weight excluding hydrogens is 321 g/mol. The third-order valence-corrected chi connectivity index (χ3v) is 4.59. The van der Waals surface area contributed by atoms with Gasteiger partial charge >= 0.3 is 0 Å². The Kier molecular flexibility index (Phi) is 5.54. The SMILES string of the molecule is CS(=O)(=O)N1CCN(c2ccc(C(N)=O)c(F)c2)CC1.Cl. The fourth-order valence-electron chi connectivity index (χ4n) is 2.18. The van der Waals surface area contributed by atoms with Gasteiger partial charge in [-0.25, -0.2) is 12.8 Å². The Morgan fingerprint density at radius 3 is 2.24 bits per heavy atom. The first kappa shape index (κ1) is 17.7. The molecule has 0 spiro atoms. The normalized spacial score (nSPS) is 16.4. The number of amides is 1. The Balaban J connectivity index is 0.00000220. The Morgan fingerprint density at radius 1 is 1.24 bits per heavy atom.